The molecule has 0 spiro atoms. The molecule has 2 amide bonds. The van der Waals surface area contributed by atoms with E-state index in [0.717, 1.165) is 31.9 Å². The first-order valence-electron chi connectivity index (χ1n) is 11.9. The van der Waals surface area contributed by atoms with Crippen LogP contribution in [0.25, 0.3) is 10.9 Å². The lowest BCUT2D eigenvalue weighted by atomic mass is 9.93. The number of carbonyl (C=O) groups excluding carboxylic acids is 2. The molecular weight excluding hydrogens is 454 g/mol. The average molecular weight is 481 g/mol. The topological polar surface area (TPSA) is 75.5 Å². The quantitative estimate of drug-likeness (QED) is 0.574. The molecule has 1 saturated heterocycles. The van der Waals surface area contributed by atoms with Crippen molar-refractivity contribution in [3.05, 3.63) is 75.6 Å². The number of carbonyl (C=O) groups is 2. The van der Waals surface area contributed by atoms with Gasteiger partial charge in [0.1, 0.15) is 18.2 Å². The van der Waals surface area contributed by atoms with Gasteiger partial charge in [0.05, 0.1) is 29.2 Å². The fraction of sp³-hybridized carbons (Fsp3) is 0.385. The van der Waals surface area contributed by atoms with Gasteiger partial charge in [-0.25, -0.2) is 8.78 Å². The monoisotopic (exact) mass is 480 g/mol. The molecule has 2 heterocycles. The summed E-state index contributed by atoms with van der Waals surface area (Å²) in [6.45, 7) is 0.852. The van der Waals surface area contributed by atoms with Crippen LogP contribution in [-0.4, -0.2) is 57.1 Å². The Bertz CT molecular complexity index is 1350. The third-order valence-electron chi connectivity index (χ3n) is 6.98. The Morgan fingerprint density at radius 2 is 1.80 bits per heavy atom. The van der Waals surface area contributed by atoms with Crippen LogP contribution >= 0.6 is 0 Å². The van der Waals surface area contributed by atoms with Crippen LogP contribution in [0.4, 0.5) is 8.78 Å². The summed E-state index contributed by atoms with van der Waals surface area (Å²) in [4.78, 5) is 41.3. The van der Waals surface area contributed by atoms with E-state index in [2.05, 4.69) is 5.10 Å². The van der Waals surface area contributed by atoms with E-state index < -0.39 is 23.0 Å². The normalized spacial score (nSPS) is 17.3. The Labute approximate surface area is 200 Å². The van der Waals surface area contributed by atoms with Gasteiger partial charge in [-0.2, -0.15) is 5.10 Å². The van der Waals surface area contributed by atoms with Crippen molar-refractivity contribution in [1.29, 1.82) is 0 Å². The molecule has 35 heavy (non-hydrogen) atoms. The van der Waals surface area contributed by atoms with Gasteiger partial charge in [-0.05, 0) is 42.7 Å². The zero-order valence-electron chi connectivity index (χ0n) is 19.3. The Balaban J connectivity index is 1.36. The largest absolute Gasteiger partial charge is 0.336 e. The Morgan fingerprint density at radius 1 is 1.00 bits per heavy atom. The molecule has 0 radical (unpaired) electrons. The molecule has 3 aromatic rings. The fourth-order valence-electron chi connectivity index (χ4n) is 5.16. The number of rotatable bonds is 4. The first-order chi connectivity index (χ1) is 16.9. The van der Waals surface area contributed by atoms with Gasteiger partial charge >= 0.3 is 0 Å². The van der Waals surface area contributed by atoms with E-state index in [0.29, 0.717) is 24.2 Å². The average Bonchev–Trinajstić information content (AvgIpc) is 2.87. The van der Waals surface area contributed by atoms with Gasteiger partial charge in [0.25, 0.3) is 5.91 Å². The highest BCUT2D eigenvalue weighted by atomic mass is 19.1. The summed E-state index contributed by atoms with van der Waals surface area (Å²) in [6, 6.07) is 8.66. The second kappa shape index (κ2) is 9.56. The summed E-state index contributed by atoms with van der Waals surface area (Å²) in [5.74, 6) is -1.95. The molecular formula is C26H26F2N4O3. The second-order valence-electron chi connectivity index (χ2n) is 9.22. The van der Waals surface area contributed by atoms with Crippen LogP contribution in [0.1, 0.15) is 48.0 Å². The minimum absolute atomic E-state index is 0.0653. The lowest BCUT2D eigenvalue weighted by molar-refractivity contribution is -0.138. The predicted octanol–water partition coefficient (Wildman–Crippen LogP) is 3.34. The number of amides is 2. The third kappa shape index (κ3) is 4.54. The minimum atomic E-state index is -0.676. The lowest BCUT2D eigenvalue weighted by Gasteiger charge is -2.40. The summed E-state index contributed by atoms with van der Waals surface area (Å²) < 4.78 is 30.3. The molecule has 2 aromatic carbocycles. The number of aromatic nitrogens is 2. The van der Waals surface area contributed by atoms with Gasteiger partial charge in [-0.1, -0.05) is 31.4 Å². The van der Waals surface area contributed by atoms with Crippen molar-refractivity contribution >= 4 is 22.7 Å². The summed E-state index contributed by atoms with van der Waals surface area (Å²) in [5.41, 5.74) is 0.210. The molecule has 0 bridgehead atoms. The molecule has 2 fully saturated rings. The van der Waals surface area contributed by atoms with Crippen molar-refractivity contribution in [2.75, 3.05) is 19.6 Å². The van der Waals surface area contributed by atoms with Crippen molar-refractivity contribution in [3.63, 3.8) is 0 Å². The highest BCUT2D eigenvalue weighted by molar-refractivity contribution is 5.97. The fourth-order valence-corrected chi connectivity index (χ4v) is 5.16. The molecule has 0 unspecified atom stereocenters. The van der Waals surface area contributed by atoms with Crippen LogP contribution < -0.4 is 5.43 Å². The van der Waals surface area contributed by atoms with Gasteiger partial charge < -0.3 is 9.80 Å². The molecule has 9 heteroatoms. The highest BCUT2D eigenvalue weighted by Crippen LogP contribution is 2.25. The van der Waals surface area contributed by atoms with E-state index in [4.69, 9.17) is 0 Å². The van der Waals surface area contributed by atoms with Crippen molar-refractivity contribution < 1.29 is 18.4 Å². The molecule has 182 valence electrons. The SMILES string of the molecule is O=C(c1cc(Cn2ncc(=O)c3c(F)cccc32)ccc1F)N1CCN(C2CCCCC2)C(=O)C1. The zero-order valence-corrected chi connectivity index (χ0v) is 19.3. The highest BCUT2D eigenvalue weighted by Gasteiger charge is 2.33. The molecule has 1 saturated carbocycles. The van der Waals surface area contributed by atoms with Gasteiger partial charge in [-0.15, -0.1) is 0 Å². The van der Waals surface area contributed by atoms with Crippen LogP contribution in [0.15, 0.2) is 47.4 Å². The maximum absolute atomic E-state index is 14.7. The lowest BCUT2D eigenvalue weighted by Crippen LogP contribution is -2.55. The summed E-state index contributed by atoms with van der Waals surface area (Å²) in [7, 11) is 0. The van der Waals surface area contributed by atoms with Gasteiger partial charge in [0.2, 0.25) is 11.3 Å². The van der Waals surface area contributed by atoms with Crippen molar-refractivity contribution in [3.8, 4) is 0 Å². The van der Waals surface area contributed by atoms with Gasteiger partial charge in [0.15, 0.2) is 0 Å². The molecule has 7 nitrogen and oxygen atoms in total. The van der Waals surface area contributed by atoms with Crippen molar-refractivity contribution in [2.24, 2.45) is 0 Å². The van der Waals surface area contributed by atoms with E-state index in [1.807, 2.05) is 4.90 Å². The number of piperazine rings is 1. The van der Waals surface area contributed by atoms with Crippen LogP contribution in [0.5, 0.6) is 0 Å². The second-order valence-corrected chi connectivity index (χ2v) is 9.22. The van der Waals surface area contributed by atoms with E-state index in [-0.39, 0.29) is 36.0 Å². The molecule has 0 atom stereocenters. The molecule has 1 aliphatic heterocycles. The van der Waals surface area contributed by atoms with E-state index in [1.165, 1.54) is 46.3 Å². The third-order valence-corrected chi connectivity index (χ3v) is 6.98. The molecule has 1 aromatic heterocycles. The van der Waals surface area contributed by atoms with Crippen LogP contribution in [0, 0.1) is 11.6 Å². The summed E-state index contributed by atoms with van der Waals surface area (Å²) in [6.07, 6.45) is 6.45. The number of fused-ring (bicyclic) bond motifs is 1. The van der Waals surface area contributed by atoms with E-state index >= 15 is 0 Å². The van der Waals surface area contributed by atoms with Crippen LogP contribution in [-0.2, 0) is 11.3 Å². The number of nitrogens with zero attached hydrogens (tertiary/aromatic N) is 4. The van der Waals surface area contributed by atoms with E-state index in [9.17, 15) is 23.2 Å². The van der Waals surface area contributed by atoms with E-state index in [1.54, 1.807) is 6.07 Å². The summed E-state index contributed by atoms with van der Waals surface area (Å²) in [5, 5.41) is 4.02. The maximum Gasteiger partial charge on any atom is 0.257 e. The minimum Gasteiger partial charge on any atom is -0.336 e. The standard InChI is InChI=1S/C26H26F2N4O3/c27-20-10-9-17(15-32-22-8-4-7-21(28)25(22)23(33)14-29-32)13-19(20)26(35)30-11-12-31(24(34)16-30)18-5-2-1-3-6-18/h4,7-10,13-14,18H,1-3,5-6,11-12,15-16H2. The zero-order chi connectivity index (χ0) is 24.5. The summed E-state index contributed by atoms with van der Waals surface area (Å²) >= 11 is 0. The molecule has 1 aliphatic carbocycles. The molecule has 5 rings (SSSR count). The predicted molar refractivity (Wildman–Crippen MR) is 126 cm³/mol. The molecule has 2 aliphatic rings. The maximum atomic E-state index is 14.7. The first-order valence-corrected chi connectivity index (χ1v) is 11.9. The van der Waals surface area contributed by atoms with Gasteiger partial charge in [-0.3, -0.25) is 19.1 Å². The molecule has 0 N–H and O–H groups in total. The number of benzene rings is 2. The van der Waals surface area contributed by atoms with Crippen LogP contribution in [0.3, 0.4) is 0 Å². The van der Waals surface area contributed by atoms with Gasteiger partial charge in [0, 0.05) is 19.1 Å². The number of hydrogen-bond donors (Lipinski definition) is 0. The van der Waals surface area contributed by atoms with Crippen LogP contribution in [0.2, 0.25) is 0 Å². The van der Waals surface area contributed by atoms with Crippen molar-refractivity contribution in [1.82, 2.24) is 19.6 Å². The van der Waals surface area contributed by atoms with Crippen molar-refractivity contribution in [2.45, 2.75) is 44.7 Å². The number of halogens is 2. The Kier molecular flexibility index (Phi) is 6.32. The number of hydrogen-bond acceptors (Lipinski definition) is 4. The Hall–Kier alpha value is -3.62. The first kappa shape index (κ1) is 23.1. The Morgan fingerprint density at radius 3 is 2.57 bits per heavy atom. The smallest absolute Gasteiger partial charge is 0.257 e.